The van der Waals surface area contributed by atoms with Gasteiger partial charge in [0.25, 0.3) is 10.0 Å². The maximum absolute atomic E-state index is 12.4. The minimum Gasteiger partial charge on any atom is -0.394 e. The number of rotatable bonds is 8. The Hall–Kier alpha value is -2.42. The molecule has 1 aliphatic heterocycles. The molecule has 33 heavy (non-hydrogen) atoms. The van der Waals surface area contributed by atoms with Crippen molar-refractivity contribution in [1.82, 2.24) is 14.7 Å². The maximum atomic E-state index is 12.4. The summed E-state index contributed by atoms with van der Waals surface area (Å²) in [7, 11) is -1.60. The molecule has 0 saturated carbocycles. The summed E-state index contributed by atoms with van der Waals surface area (Å²) >= 11 is 6.12. The second-order valence-electron chi connectivity index (χ2n) is 8.28. The first-order valence-electron chi connectivity index (χ1n) is 10.9. The predicted molar refractivity (Wildman–Crippen MR) is 131 cm³/mol. The van der Waals surface area contributed by atoms with Crippen LogP contribution >= 0.6 is 11.6 Å². The van der Waals surface area contributed by atoms with Gasteiger partial charge in [-0.15, -0.1) is 0 Å². The fourth-order valence-electron chi connectivity index (χ4n) is 3.91. The van der Waals surface area contributed by atoms with E-state index in [1.54, 1.807) is 30.3 Å². The van der Waals surface area contributed by atoms with Crippen molar-refractivity contribution in [3.8, 4) is 5.75 Å². The van der Waals surface area contributed by atoms with E-state index in [2.05, 4.69) is 33.9 Å². The van der Waals surface area contributed by atoms with Crippen molar-refractivity contribution in [2.45, 2.75) is 10.8 Å². The van der Waals surface area contributed by atoms with Crippen LogP contribution in [0.15, 0.2) is 83.8 Å². The molecule has 0 bridgehead atoms. The second-order valence-corrected chi connectivity index (χ2v) is 10.4. The highest BCUT2D eigenvalue weighted by Crippen LogP contribution is 2.29. The standard InChI is InChI=1S/C25H28ClN3O3S/c1-28-15-17-29(18-16-28)19-25(20-7-11-22(26)12-8-20)21-9-13-23(14-10-21)32-27-33(30,31)24-5-3-2-4-6-24/h2-14,25,27H,15-19H2,1H3/t25-/m1/s1. The monoisotopic (exact) mass is 485 g/mol. The Labute approximate surface area is 200 Å². The number of nitrogens with one attached hydrogen (secondary N) is 1. The van der Waals surface area contributed by atoms with Gasteiger partial charge >= 0.3 is 0 Å². The van der Waals surface area contributed by atoms with Crippen molar-refractivity contribution >= 4 is 21.6 Å². The number of hydrogen-bond acceptors (Lipinski definition) is 5. The van der Waals surface area contributed by atoms with Crippen LogP contribution in [-0.4, -0.2) is 58.0 Å². The first kappa shape index (κ1) is 23.7. The summed E-state index contributed by atoms with van der Waals surface area (Å²) in [6.45, 7) is 5.08. The number of benzene rings is 3. The number of piperazine rings is 1. The van der Waals surface area contributed by atoms with Gasteiger partial charge in [0.1, 0.15) is 5.75 Å². The molecule has 3 aromatic carbocycles. The second kappa shape index (κ2) is 10.7. The summed E-state index contributed by atoms with van der Waals surface area (Å²) < 4.78 is 24.8. The Bertz CT molecular complexity index is 1130. The normalized spacial score (nSPS) is 16.4. The minimum absolute atomic E-state index is 0.150. The Balaban J connectivity index is 1.48. The number of sulfonamides is 1. The van der Waals surface area contributed by atoms with E-state index in [1.165, 1.54) is 17.7 Å². The lowest BCUT2D eigenvalue weighted by Gasteiger charge is -2.35. The molecular formula is C25H28ClN3O3S. The number of hydrogen-bond donors (Lipinski definition) is 1. The molecule has 8 heteroatoms. The molecule has 1 N–H and O–H groups in total. The predicted octanol–water partition coefficient (Wildman–Crippen LogP) is 3.99. The molecule has 3 aromatic rings. The lowest BCUT2D eigenvalue weighted by molar-refractivity contribution is 0.150. The summed E-state index contributed by atoms with van der Waals surface area (Å²) in [4.78, 5) is 12.5. The molecule has 0 radical (unpaired) electrons. The lowest BCUT2D eigenvalue weighted by Crippen LogP contribution is -2.45. The van der Waals surface area contributed by atoms with Gasteiger partial charge in [-0.05, 0) is 59.5 Å². The smallest absolute Gasteiger partial charge is 0.271 e. The van der Waals surface area contributed by atoms with E-state index in [0.717, 1.165) is 38.3 Å². The van der Waals surface area contributed by atoms with Crippen LogP contribution in [0.2, 0.25) is 5.02 Å². The first-order valence-corrected chi connectivity index (χ1v) is 12.8. The SMILES string of the molecule is CN1CCN(C[C@H](c2ccc(Cl)cc2)c2ccc(ONS(=O)(=O)c3ccccc3)cc2)CC1. The highest BCUT2D eigenvalue weighted by molar-refractivity contribution is 7.89. The molecule has 1 aliphatic rings. The van der Waals surface area contributed by atoms with E-state index in [1.807, 2.05) is 24.3 Å². The number of likely N-dealkylation sites (N-methyl/N-ethyl adjacent to an activating group) is 1. The van der Waals surface area contributed by atoms with Gasteiger partial charge in [-0.3, -0.25) is 4.90 Å². The minimum atomic E-state index is -3.75. The zero-order valence-electron chi connectivity index (χ0n) is 18.5. The largest absolute Gasteiger partial charge is 0.394 e. The van der Waals surface area contributed by atoms with Crippen LogP contribution in [0.25, 0.3) is 0 Å². The topological polar surface area (TPSA) is 61.9 Å². The van der Waals surface area contributed by atoms with Gasteiger partial charge in [-0.25, -0.2) is 8.42 Å². The summed E-state index contributed by atoms with van der Waals surface area (Å²) in [5.41, 5.74) is 2.33. The van der Waals surface area contributed by atoms with Crippen LogP contribution in [0.4, 0.5) is 0 Å². The molecule has 6 nitrogen and oxygen atoms in total. The summed E-state index contributed by atoms with van der Waals surface area (Å²) in [6.07, 6.45) is 0. The van der Waals surface area contributed by atoms with Gasteiger partial charge in [0.15, 0.2) is 0 Å². The van der Waals surface area contributed by atoms with E-state index in [0.29, 0.717) is 10.8 Å². The maximum Gasteiger partial charge on any atom is 0.271 e. The van der Waals surface area contributed by atoms with E-state index in [9.17, 15) is 8.42 Å². The molecule has 0 aromatic heterocycles. The van der Waals surface area contributed by atoms with Crippen molar-refractivity contribution in [3.63, 3.8) is 0 Å². The molecule has 174 valence electrons. The van der Waals surface area contributed by atoms with Crippen LogP contribution in [0.5, 0.6) is 5.75 Å². The Kier molecular flexibility index (Phi) is 7.67. The quantitative estimate of drug-likeness (QED) is 0.489. The lowest BCUT2D eigenvalue weighted by atomic mass is 9.90. The van der Waals surface area contributed by atoms with Gasteiger partial charge in [0.05, 0.1) is 4.90 Å². The van der Waals surface area contributed by atoms with Crippen molar-refractivity contribution in [2.24, 2.45) is 0 Å². The Morgan fingerprint density at radius 1 is 0.879 bits per heavy atom. The Morgan fingerprint density at radius 2 is 1.45 bits per heavy atom. The molecule has 1 atom stereocenters. The molecule has 1 fully saturated rings. The molecule has 1 saturated heterocycles. The van der Waals surface area contributed by atoms with Crippen LogP contribution < -0.4 is 9.72 Å². The fourth-order valence-corrected chi connectivity index (χ4v) is 4.85. The van der Waals surface area contributed by atoms with Crippen LogP contribution in [-0.2, 0) is 10.0 Å². The summed E-state index contributed by atoms with van der Waals surface area (Å²) in [6, 6.07) is 23.7. The van der Waals surface area contributed by atoms with Crippen molar-refractivity contribution < 1.29 is 13.3 Å². The number of nitrogens with zero attached hydrogens (tertiary/aromatic N) is 2. The summed E-state index contributed by atoms with van der Waals surface area (Å²) in [5, 5.41) is 0.714. The van der Waals surface area contributed by atoms with E-state index >= 15 is 0 Å². The van der Waals surface area contributed by atoms with Gasteiger partial charge < -0.3 is 9.74 Å². The zero-order chi connectivity index (χ0) is 23.3. The fraction of sp³-hybridized carbons (Fsp3) is 0.280. The van der Waals surface area contributed by atoms with Crippen LogP contribution in [0.1, 0.15) is 17.0 Å². The van der Waals surface area contributed by atoms with Gasteiger partial charge in [-0.1, -0.05) is 54.1 Å². The van der Waals surface area contributed by atoms with E-state index < -0.39 is 10.0 Å². The zero-order valence-corrected chi connectivity index (χ0v) is 20.1. The highest BCUT2D eigenvalue weighted by Gasteiger charge is 2.21. The van der Waals surface area contributed by atoms with Gasteiger partial charge in [-0.2, -0.15) is 0 Å². The molecule has 1 heterocycles. The Morgan fingerprint density at radius 3 is 2.06 bits per heavy atom. The van der Waals surface area contributed by atoms with Crippen molar-refractivity contribution in [2.75, 3.05) is 39.8 Å². The van der Waals surface area contributed by atoms with E-state index in [4.69, 9.17) is 16.4 Å². The highest BCUT2D eigenvalue weighted by atomic mass is 35.5. The third kappa shape index (κ3) is 6.34. The average molecular weight is 486 g/mol. The number of halogens is 1. The van der Waals surface area contributed by atoms with Crippen molar-refractivity contribution in [3.05, 3.63) is 95.0 Å². The van der Waals surface area contributed by atoms with E-state index in [-0.39, 0.29) is 10.8 Å². The molecule has 0 amide bonds. The third-order valence-corrected chi connectivity index (χ3v) is 7.36. The van der Waals surface area contributed by atoms with Crippen molar-refractivity contribution in [1.29, 1.82) is 0 Å². The summed E-state index contributed by atoms with van der Waals surface area (Å²) in [5.74, 6) is 0.591. The molecular weight excluding hydrogens is 458 g/mol. The molecule has 0 unspecified atom stereocenters. The first-order chi connectivity index (χ1) is 15.9. The van der Waals surface area contributed by atoms with Gasteiger partial charge in [0, 0.05) is 43.7 Å². The molecule has 4 rings (SSSR count). The third-order valence-electron chi connectivity index (χ3n) is 5.91. The molecule has 0 spiro atoms. The van der Waals surface area contributed by atoms with Crippen LogP contribution in [0.3, 0.4) is 0 Å². The molecule has 0 aliphatic carbocycles. The average Bonchev–Trinajstić information content (AvgIpc) is 2.84. The van der Waals surface area contributed by atoms with Crippen LogP contribution in [0, 0.1) is 0 Å². The van der Waals surface area contributed by atoms with Gasteiger partial charge in [0.2, 0.25) is 0 Å².